The standard InChI is InChI=1S/C33H30N2/c1-25-19-28(21-26-11-4-2-5-12-26)23-30(20-25)29-14-10-13-27(22-29)24-35(31-15-6-3-7-16-31)33-18-9-8-17-32(33)34/h2-20,22-23H,21,24,34H2,1H3. The Kier molecular flexibility index (Phi) is 6.63. The second-order valence-corrected chi connectivity index (χ2v) is 9.05. The Hall–Kier alpha value is -4.30. The second kappa shape index (κ2) is 10.3. The average molecular weight is 455 g/mol. The topological polar surface area (TPSA) is 29.3 Å². The van der Waals surface area contributed by atoms with Gasteiger partial charge in [0.2, 0.25) is 0 Å². The Labute approximate surface area is 208 Å². The molecule has 0 aromatic heterocycles. The fourth-order valence-corrected chi connectivity index (χ4v) is 4.65. The molecule has 0 aliphatic rings. The normalized spacial score (nSPS) is 10.8. The smallest absolute Gasteiger partial charge is 0.0647 e. The number of nitrogens with two attached hydrogens (primary N) is 1. The first-order valence-electron chi connectivity index (χ1n) is 12.1. The van der Waals surface area contributed by atoms with E-state index in [4.69, 9.17) is 5.73 Å². The molecule has 0 unspecified atom stereocenters. The van der Waals surface area contributed by atoms with Gasteiger partial charge >= 0.3 is 0 Å². The van der Waals surface area contributed by atoms with E-state index >= 15 is 0 Å². The first-order chi connectivity index (χ1) is 17.2. The van der Waals surface area contributed by atoms with Crippen LogP contribution in [0.4, 0.5) is 17.1 Å². The molecule has 2 heteroatoms. The molecular formula is C33H30N2. The molecule has 5 rings (SSSR count). The molecule has 0 saturated carbocycles. The molecule has 0 heterocycles. The maximum absolute atomic E-state index is 6.39. The van der Waals surface area contributed by atoms with Crippen molar-refractivity contribution < 1.29 is 0 Å². The van der Waals surface area contributed by atoms with Crippen LogP contribution in [0.15, 0.2) is 127 Å². The highest BCUT2D eigenvalue weighted by atomic mass is 15.1. The van der Waals surface area contributed by atoms with Gasteiger partial charge in [0.1, 0.15) is 0 Å². The lowest BCUT2D eigenvalue weighted by Crippen LogP contribution is -2.17. The van der Waals surface area contributed by atoms with Gasteiger partial charge in [-0.2, -0.15) is 0 Å². The third-order valence-electron chi connectivity index (χ3n) is 6.28. The van der Waals surface area contributed by atoms with Gasteiger partial charge < -0.3 is 10.6 Å². The van der Waals surface area contributed by atoms with Crippen LogP contribution in [0.3, 0.4) is 0 Å². The van der Waals surface area contributed by atoms with Gasteiger partial charge in [-0.05, 0) is 71.5 Å². The quantitative estimate of drug-likeness (QED) is 0.251. The van der Waals surface area contributed by atoms with Crippen molar-refractivity contribution in [3.63, 3.8) is 0 Å². The van der Waals surface area contributed by atoms with Crippen LogP contribution >= 0.6 is 0 Å². The highest BCUT2D eigenvalue weighted by Crippen LogP contribution is 2.33. The van der Waals surface area contributed by atoms with Gasteiger partial charge in [0.05, 0.1) is 11.4 Å². The molecule has 0 aliphatic carbocycles. The van der Waals surface area contributed by atoms with Gasteiger partial charge in [-0.1, -0.05) is 103 Å². The number of aryl methyl sites for hydroxylation is 1. The Morgan fingerprint density at radius 2 is 1.23 bits per heavy atom. The molecule has 5 aromatic carbocycles. The Morgan fingerprint density at radius 3 is 2.00 bits per heavy atom. The third-order valence-corrected chi connectivity index (χ3v) is 6.28. The van der Waals surface area contributed by atoms with E-state index < -0.39 is 0 Å². The number of hydrogen-bond donors (Lipinski definition) is 1. The first-order valence-corrected chi connectivity index (χ1v) is 12.1. The minimum Gasteiger partial charge on any atom is -0.397 e. The number of anilines is 3. The summed E-state index contributed by atoms with van der Waals surface area (Å²) in [5, 5.41) is 0. The molecule has 35 heavy (non-hydrogen) atoms. The Balaban J connectivity index is 1.47. The molecule has 0 amide bonds. The van der Waals surface area contributed by atoms with Crippen LogP contribution in [-0.2, 0) is 13.0 Å². The van der Waals surface area contributed by atoms with E-state index in [2.05, 4.69) is 115 Å². The Bertz CT molecular complexity index is 1410. The van der Waals surface area contributed by atoms with Crippen LogP contribution in [0.5, 0.6) is 0 Å². The van der Waals surface area contributed by atoms with Gasteiger partial charge in [-0.15, -0.1) is 0 Å². The lowest BCUT2D eigenvalue weighted by Gasteiger charge is -2.26. The van der Waals surface area contributed by atoms with E-state index in [1.54, 1.807) is 0 Å². The van der Waals surface area contributed by atoms with Gasteiger partial charge in [0, 0.05) is 12.2 Å². The highest BCUT2D eigenvalue weighted by Gasteiger charge is 2.13. The molecule has 0 fully saturated rings. The largest absolute Gasteiger partial charge is 0.397 e. The minimum atomic E-state index is 0.731. The maximum atomic E-state index is 6.39. The summed E-state index contributed by atoms with van der Waals surface area (Å²) in [4.78, 5) is 2.28. The molecule has 5 aromatic rings. The van der Waals surface area contributed by atoms with Gasteiger partial charge in [-0.25, -0.2) is 0 Å². The van der Waals surface area contributed by atoms with Crippen LogP contribution < -0.4 is 10.6 Å². The molecular weight excluding hydrogens is 424 g/mol. The lowest BCUT2D eigenvalue weighted by atomic mass is 9.96. The zero-order chi connectivity index (χ0) is 24.0. The summed E-state index contributed by atoms with van der Waals surface area (Å²) in [6, 6.07) is 44.9. The number of rotatable bonds is 7. The summed E-state index contributed by atoms with van der Waals surface area (Å²) in [6.45, 7) is 2.91. The summed E-state index contributed by atoms with van der Waals surface area (Å²) in [7, 11) is 0. The molecule has 0 atom stereocenters. The van der Waals surface area contributed by atoms with Crippen molar-refractivity contribution in [1.82, 2.24) is 0 Å². The van der Waals surface area contributed by atoms with Crippen molar-refractivity contribution in [1.29, 1.82) is 0 Å². The predicted molar refractivity (Wildman–Crippen MR) is 149 cm³/mol. The van der Waals surface area contributed by atoms with Crippen molar-refractivity contribution in [2.45, 2.75) is 19.9 Å². The summed E-state index contributed by atoms with van der Waals surface area (Å²) in [5.41, 5.74) is 17.0. The van der Waals surface area contributed by atoms with Gasteiger partial charge in [0.25, 0.3) is 0 Å². The maximum Gasteiger partial charge on any atom is 0.0647 e. The molecule has 0 saturated heterocycles. The van der Waals surface area contributed by atoms with E-state index in [0.29, 0.717) is 0 Å². The molecule has 0 aliphatic heterocycles. The van der Waals surface area contributed by atoms with E-state index in [-0.39, 0.29) is 0 Å². The van der Waals surface area contributed by atoms with E-state index in [1.165, 1.54) is 33.4 Å². The van der Waals surface area contributed by atoms with Crippen molar-refractivity contribution in [3.05, 3.63) is 150 Å². The zero-order valence-electron chi connectivity index (χ0n) is 20.1. The minimum absolute atomic E-state index is 0.731. The third kappa shape index (κ3) is 5.44. The molecule has 0 bridgehead atoms. The number of benzene rings is 5. The SMILES string of the molecule is Cc1cc(Cc2ccccc2)cc(-c2cccc(CN(c3ccccc3)c3ccccc3N)c2)c1. The first kappa shape index (κ1) is 22.5. The fourth-order valence-electron chi connectivity index (χ4n) is 4.65. The summed E-state index contributed by atoms with van der Waals surface area (Å²) < 4.78 is 0. The lowest BCUT2D eigenvalue weighted by molar-refractivity contribution is 0.977. The number of nitrogens with zero attached hydrogens (tertiary/aromatic N) is 1. The van der Waals surface area contributed by atoms with E-state index in [9.17, 15) is 0 Å². The van der Waals surface area contributed by atoms with E-state index in [1.807, 2.05) is 24.3 Å². The average Bonchev–Trinajstić information content (AvgIpc) is 2.89. The molecule has 2 nitrogen and oxygen atoms in total. The summed E-state index contributed by atoms with van der Waals surface area (Å²) in [6.07, 6.45) is 0.935. The number of nitrogen functional groups attached to an aromatic ring is 1. The number of para-hydroxylation sites is 3. The van der Waals surface area contributed by atoms with E-state index in [0.717, 1.165) is 30.0 Å². The van der Waals surface area contributed by atoms with Crippen molar-refractivity contribution in [2.24, 2.45) is 0 Å². The Morgan fingerprint density at radius 1 is 0.571 bits per heavy atom. The van der Waals surface area contributed by atoms with Gasteiger partial charge in [-0.3, -0.25) is 0 Å². The van der Waals surface area contributed by atoms with Crippen LogP contribution in [-0.4, -0.2) is 0 Å². The molecule has 172 valence electrons. The van der Waals surface area contributed by atoms with Crippen molar-refractivity contribution >= 4 is 17.1 Å². The number of hydrogen-bond acceptors (Lipinski definition) is 2. The second-order valence-electron chi connectivity index (χ2n) is 9.05. The molecule has 0 radical (unpaired) electrons. The van der Waals surface area contributed by atoms with Crippen LogP contribution in [0.25, 0.3) is 11.1 Å². The van der Waals surface area contributed by atoms with Crippen LogP contribution in [0.1, 0.15) is 22.3 Å². The van der Waals surface area contributed by atoms with Crippen LogP contribution in [0.2, 0.25) is 0 Å². The molecule has 0 spiro atoms. The van der Waals surface area contributed by atoms with Crippen LogP contribution in [0, 0.1) is 6.92 Å². The summed E-state index contributed by atoms with van der Waals surface area (Å²) in [5.74, 6) is 0. The summed E-state index contributed by atoms with van der Waals surface area (Å²) >= 11 is 0. The molecule has 2 N–H and O–H groups in total. The van der Waals surface area contributed by atoms with Crippen molar-refractivity contribution in [3.8, 4) is 11.1 Å². The fraction of sp³-hybridized carbons (Fsp3) is 0.0909. The van der Waals surface area contributed by atoms with Crippen molar-refractivity contribution in [2.75, 3.05) is 10.6 Å². The monoisotopic (exact) mass is 454 g/mol. The predicted octanol–water partition coefficient (Wildman–Crippen LogP) is 8.17. The van der Waals surface area contributed by atoms with Gasteiger partial charge in [0.15, 0.2) is 0 Å². The zero-order valence-corrected chi connectivity index (χ0v) is 20.1. The highest BCUT2D eigenvalue weighted by molar-refractivity contribution is 5.75.